The second-order valence-corrected chi connectivity index (χ2v) is 8.15. The molecule has 0 aromatic rings. The van der Waals surface area contributed by atoms with Crippen LogP contribution >= 0.6 is 24.0 Å². The highest BCUT2D eigenvalue weighted by atomic mass is 127. The minimum atomic E-state index is 0. The lowest BCUT2D eigenvalue weighted by atomic mass is 9.78. The van der Waals surface area contributed by atoms with Gasteiger partial charge < -0.3 is 15.4 Å². The molecule has 22 heavy (non-hydrogen) atoms. The largest absolute Gasteiger partial charge is 0.377 e. The molecule has 1 aliphatic rings. The van der Waals surface area contributed by atoms with Crippen molar-refractivity contribution in [2.75, 3.05) is 19.7 Å². The van der Waals surface area contributed by atoms with Crippen LogP contribution in [0.3, 0.4) is 0 Å². The van der Waals surface area contributed by atoms with Gasteiger partial charge in [-0.1, -0.05) is 20.8 Å². The van der Waals surface area contributed by atoms with Gasteiger partial charge in [-0.05, 0) is 46.0 Å². The van der Waals surface area contributed by atoms with Crippen molar-refractivity contribution in [2.45, 2.75) is 73.0 Å². The van der Waals surface area contributed by atoms with Gasteiger partial charge in [0.05, 0.1) is 6.10 Å². The molecule has 4 nitrogen and oxygen atoms in total. The SMILES string of the molecule is CCNC(=NCC1CCCOC1C(C)(C)C)NC(C)(C)C.I. The zero-order valence-corrected chi connectivity index (χ0v) is 17.8. The van der Waals surface area contributed by atoms with Crippen LogP contribution in [-0.4, -0.2) is 37.3 Å². The summed E-state index contributed by atoms with van der Waals surface area (Å²) in [4.78, 5) is 4.80. The zero-order valence-electron chi connectivity index (χ0n) is 15.5. The van der Waals surface area contributed by atoms with E-state index in [9.17, 15) is 0 Å². The van der Waals surface area contributed by atoms with Gasteiger partial charge in [-0.3, -0.25) is 4.99 Å². The average Bonchev–Trinajstić information content (AvgIpc) is 2.34. The van der Waals surface area contributed by atoms with Gasteiger partial charge in [-0.15, -0.1) is 24.0 Å². The lowest BCUT2D eigenvalue weighted by Crippen LogP contribution is -2.48. The van der Waals surface area contributed by atoms with E-state index < -0.39 is 0 Å². The number of aliphatic imine (C=N–C) groups is 1. The van der Waals surface area contributed by atoms with Crippen LogP contribution in [0.1, 0.15) is 61.3 Å². The summed E-state index contributed by atoms with van der Waals surface area (Å²) in [5, 5.41) is 6.78. The molecule has 1 aliphatic heterocycles. The van der Waals surface area contributed by atoms with Crippen LogP contribution in [0, 0.1) is 11.3 Å². The fourth-order valence-electron chi connectivity index (χ4n) is 2.86. The van der Waals surface area contributed by atoms with Gasteiger partial charge in [0.25, 0.3) is 0 Å². The predicted molar refractivity (Wildman–Crippen MR) is 106 cm³/mol. The normalized spacial score (nSPS) is 23.7. The highest BCUT2D eigenvalue weighted by molar-refractivity contribution is 14.0. The summed E-state index contributed by atoms with van der Waals surface area (Å²) in [6.07, 6.45) is 2.66. The fraction of sp³-hybridized carbons (Fsp3) is 0.941. The van der Waals surface area contributed by atoms with E-state index in [2.05, 4.69) is 59.1 Å². The molecule has 0 aromatic heterocycles. The lowest BCUT2D eigenvalue weighted by molar-refractivity contribution is -0.0823. The number of guanidine groups is 1. The van der Waals surface area contributed by atoms with E-state index >= 15 is 0 Å². The van der Waals surface area contributed by atoms with Crippen LogP contribution in [0.15, 0.2) is 4.99 Å². The molecule has 0 aliphatic carbocycles. The molecular formula is C17H36IN3O. The summed E-state index contributed by atoms with van der Waals surface area (Å²) in [7, 11) is 0. The van der Waals surface area contributed by atoms with E-state index in [-0.39, 0.29) is 34.9 Å². The monoisotopic (exact) mass is 425 g/mol. The van der Waals surface area contributed by atoms with Gasteiger partial charge in [0.1, 0.15) is 0 Å². The molecule has 5 heteroatoms. The predicted octanol–water partition coefficient (Wildman–Crippen LogP) is 3.80. The number of nitrogens with zero attached hydrogens (tertiary/aromatic N) is 1. The molecule has 0 amide bonds. The van der Waals surface area contributed by atoms with Crippen molar-refractivity contribution in [3.63, 3.8) is 0 Å². The smallest absolute Gasteiger partial charge is 0.191 e. The second-order valence-electron chi connectivity index (χ2n) is 8.15. The third-order valence-corrected chi connectivity index (χ3v) is 3.62. The highest BCUT2D eigenvalue weighted by Crippen LogP contribution is 2.34. The van der Waals surface area contributed by atoms with Crippen LogP contribution in [0.2, 0.25) is 0 Å². The minimum Gasteiger partial charge on any atom is -0.377 e. The first-order valence-corrected chi connectivity index (χ1v) is 8.31. The number of rotatable bonds is 3. The molecule has 1 fully saturated rings. The summed E-state index contributed by atoms with van der Waals surface area (Å²) in [6.45, 7) is 17.9. The third kappa shape index (κ3) is 7.99. The molecule has 2 N–H and O–H groups in total. The Balaban J connectivity index is 0.00000441. The summed E-state index contributed by atoms with van der Waals surface area (Å²) in [6, 6.07) is 0. The van der Waals surface area contributed by atoms with Crippen molar-refractivity contribution >= 4 is 29.9 Å². The van der Waals surface area contributed by atoms with E-state index in [4.69, 9.17) is 9.73 Å². The van der Waals surface area contributed by atoms with E-state index in [0.717, 1.165) is 32.1 Å². The maximum atomic E-state index is 6.04. The Bertz CT molecular complexity index is 345. The van der Waals surface area contributed by atoms with Crippen molar-refractivity contribution in [1.29, 1.82) is 0 Å². The number of hydrogen-bond donors (Lipinski definition) is 2. The van der Waals surface area contributed by atoms with Crippen molar-refractivity contribution in [3.8, 4) is 0 Å². The molecule has 0 radical (unpaired) electrons. The molecule has 0 bridgehead atoms. The summed E-state index contributed by atoms with van der Waals surface area (Å²) < 4.78 is 6.04. The van der Waals surface area contributed by atoms with E-state index in [1.807, 2.05) is 0 Å². The standard InChI is InChI=1S/C17H35N3O.HI/c1-8-18-15(20-17(5,6)7)19-12-13-10-9-11-21-14(13)16(2,3)4;/h13-14H,8-12H2,1-7H3,(H2,18,19,20);1H. The first kappa shape index (κ1) is 22.0. The first-order chi connectivity index (χ1) is 9.63. The minimum absolute atomic E-state index is 0. The molecule has 132 valence electrons. The maximum Gasteiger partial charge on any atom is 0.191 e. The van der Waals surface area contributed by atoms with Crippen molar-refractivity contribution in [1.82, 2.24) is 10.6 Å². The summed E-state index contributed by atoms with van der Waals surface area (Å²) in [5.74, 6) is 1.41. The van der Waals surface area contributed by atoms with E-state index in [1.165, 1.54) is 6.42 Å². The van der Waals surface area contributed by atoms with Gasteiger partial charge >= 0.3 is 0 Å². The van der Waals surface area contributed by atoms with Crippen molar-refractivity contribution < 1.29 is 4.74 Å². The lowest BCUT2D eigenvalue weighted by Gasteiger charge is -2.39. The maximum absolute atomic E-state index is 6.04. The Kier molecular flexibility index (Phi) is 9.29. The topological polar surface area (TPSA) is 45.7 Å². The second kappa shape index (κ2) is 9.30. The van der Waals surface area contributed by atoms with Crippen LogP contribution in [-0.2, 0) is 4.74 Å². The van der Waals surface area contributed by atoms with Crippen molar-refractivity contribution in [3.05, 3.63) is 0 Å². The van der Waals surface area contributed by atoms with Gasteiger partial charge in [0.15, 0.2) is 5.96 Å². The number of ether oxygens (including phenoxy) is 1. The Hall–Kier alpha value is -0.0400. The number of nitrogens with one attached hydrogen (secondary N) is 2. The Morgan fingerprint density at radius 3 is 2.32 bits per heavy atom. The third-order valence-electron chi connectivity index (χ3n) is 3.62. The Morgan fingerprint density at radius 1 is 1.18 bits per heavy atom. The summed E-state index contributed by atoms with van der Waals surface area (Å²) >= 11 is 0. The molecular weight excluding hydrogens is 389 g/mol. The van der Waals surface area contributed by atoms with Gasteiger partial charge in [0, 0.05) is 31.2 Å². The highest BCUT2D eigenvalue weighted by Gasteiger charge is 2.35. The number of halogens is 1. The van der Waals surface area contributed by atoms with Gasteiger partial charge in [-0.2, -0.15) is 0 Å². The van der Waals surface area contributed by atoms with Crippen LogP contribution in [0.4, 0.5) is 0 Å². The molecule has 1 saturated heterocycles. The average molecular weight is 425 g/mol. The summed E-state index contributed by atoms with van der Waals surface area (Å²) in [5.41, 5.74) is 0.198. The Labute approximate surface area is 154 Å². The molecule has 2 unspecified atom stereocenters. The van der Waals surface area contributed by atoms with Crippen molar-refractivity contribution in [2.24, 2.45) is 16.3 Å². The Morgan fingerprint density at radius 2 is 1.82 bits per heavy atom. The molecule has 0 aromatic carbocycles. The van der Waals surface area contributed by atoms with Crippen LogP contribution in [0.5, 0.6) is 0 Å². The number of hydrogen-bond acceptors (Lipinski definition) is 2. The fourth-order valence-corrected chi connectivity index (χ4v) is 2.86. The van der Waals surface area contributed by atoms with E-state index in [0.29, 0.717) is 12.0 Å². The molecule has 1 rings (SSSR count). The van der Waals surface area contributed by atoms with Crippen LogP contribution < -0.4 is 10.6 Å². The molecule has 2 atom stereocenters. The van der Waals surface area contributed by atoms with Gasteiger partial charge in [-0.25, -0.2) is 0 Å². The van der Waals surface area contributed by atoms with Crippen LogP contribution in [0.25, 0.3) is 0 Å². The quantitative estimate of drug-likeness (QED) is 0.411. The molecule has 0 spiro atoms. The molecule has 1 heterocycles. The van der Waals surface area contributed by atoms with Gasteiger partial charge in [0.2, 0.25) is 0 Å². The van der Waals surface area contributed by atoms with E-state index in [1.54, 1.807) is 0 Å². The molecule has 0 saturated carbocycles. The zero-order chi connectivity index (χ0) is 16.1. The first-order valence-electron chi connectivity index (χ1n) is 8.31.